The predicted molar refractivity (Wildman–Crippen MR) is 84.0 cm³/mol. The molecule has 2 aromatic heterocycles. The summed E-state index contributed by atoms with van der Waals surface area (Å²) in [5, 5.41) is 6.47. The molecule has 0 aliphatic rings. The Kier molecular flexibility index (Phi) is 5.43. The fourth-order valence-electron chi connectivity index (χ4n) is 1.68. The smallest absolute Gasteiger partial charge is 0.204 e. The van der Waals surface area contributed by atoms with Gasteiger partial charge in [0.1, 0.15) is 6.33 Å². The van der Waals surface area contributed by atoms with E-state index in [9.17, 15) is 0 Å². The van der Waals surface area contributed by atoms with Crippen LogP contribution in [-0.4, -0.2) is 23.6 Å². The Bertz CT molecular complexity index is 561. The summed E-state index contributed by atoms with van der Waals surface area (Å²) in [4.78, 5) is 9.56. The number of aromatic nitrogens is 2. The van der Waals surface area contributed by atoms with E-state index in [0.717, 1.165) is 22.2 Å². The highest BCUT2D eigenvalue weighted by Crippen LogP contribution is 2.30. The average Bonchev–Trinajstić information content (AvgIpc) is 2.88. The zero-order valence-electron chi connectivity index (χ0n) is 11.4. The van der Waals surface area contributed by atoms with Crippen LogP contribution in [0.4, 0.5) is 11.6 Å². The molecule has 5 nitrogen and oxygen atoms in total. The summed E-state index contributed by atoms with van der Waals surface area (Å²) in [6.07, 6.45) is 2.54. The molecule has 20 heavy (non-hydrogen) atoms. The molecule has 108 valence electrons. The van der Waals surface area contributed by atoms with Gasteiger partial charge in [-0.15, -0.1) is 11.3 Å². The highest BCUT2D eigenvalue weighted by Gasteiger charge is 2.11. The molecule has 7 heteroatoms. The van der Waals surface area contributed by atoms with Gasteiger partial charge in [-0.1, -0.05) is 18.5 Å². The van der Waals surface area contributed by atoms with Crippen LogP contribution in [0.1, 0.15) is 18.2 Å². The van der Waals surface area contributed by atoms with E-state index >= 15 is 0 Å². The van der Waals surface area contributed by atoms with Crippen LogP contribution in [-0.2, 0) is 6.54 Å². The average molecular weight is 313 g/mol. The lowest BCUT2D eigenvalue weighted by Gasteiger charge is -2.13. The second kappa shape index (κ2) is 7.31. The van der Waals surface area contributed by atoms with Crippen molar-refractivity contribution in [2.24, 2.45) is 0 Å². The van der Waals surface area contributed by atoms with Gasteiger partial charge in [0.05, 0.1) is 18.0 Å². The zero-order chi connectivity index (χ0) is 14.4. The third-order valence-electron chi connectivity index (χ3n) is 2.61. The van der Waals surface area contributed by atoms with E-state index in [-0.39, 0.29) is 0 Å². The van der Waals surface area contributed by atoms with E-state index in [4.69, 9.17) is 16.3 Å². The van der Waals surface area contributed by atoms with Crippen LogP contribution < -0.4 is 15.4 Å². The number of rotatable bonds is 7. The van der Waals surface area contributed by atoms with Gasteiger partial charge in [-0.05, 0) is 18.6 Å². The Morgan fingerprint density at radius 3 is 2.60 bits per heavy atom. The molecule has 0 saturated heterocycles. The molecule has 0 aromatic carbocycles. The first-order valence-corrected chi connectivity index (χ1v) is 7.55. The maximum absolute atomic E-state index is 5.91. The summed E-state index contributed by atoms with van der Waals surface area (Å²) >= 11 is 7.46. The standard InChI is InChI=1S/C13H17ClN4OS/c1-3-6-15-12-11(19-2)13(18-8-17-12)16-7-9-4-5-10(14)20-9/h4-5,8H,3,6-7H2,1-2H3,(H2,15,16,17,18). The molecule has 0 radical (unpaired) electrons. The topological polar surface area (TPSA) is 59.1 Å². The van der Waals surface area contributed by atoms with E-state index in [1.807, 2.05) is 12.1 Å². The monoisotopic (exact) mass is 312 g/mol. The zero-order valence-corrected chi connectivity index (χ0v) is 13.0. The number of hydrogen-bond donors (Lipinski definition) is 2. The summed E-state index contributed by atoms with van der Waals surface area (Å²) in [5.74, 6) is 2.00. The summed E-state index contributed by atoms with van der Waals surface area (Å²) in [7, 11) is 1.61. The Balaban J connectivity index is 2.10. The number of thiophene rings is 1. The van der Waals surface area contributed by atoms with Crippen LogP contribution in [0.25, 0.3) is 0 Å². The molecule has 2 rings (SSSR count). The molecule has 0 fully saturated rings. The lowest BCUT2D eigenvalue weighted by Crippen LogP contribution is -2.08. The summed E-state index contributed by atoms with van der Waals surface area (Å²) in [5.41, 5.74) is 0. The summed E-state index contributed by atoms with van der Waals surface area (Å²) < 4.78 is 6.17. The van der Waals surface area contributed by atoms with Gasteiger partial charge in [0.15, 0.2) is 11.6 Å². The molecular formula is C13H17ClN4OS. The van der Waals surface area contributed by atoms with Crippen molar-refractivity contribution in [3.63, 3.8) is 0 Å². The molecule has 0 bridgehead atoms. The normalized spacial score (nSPS) is 10.3. The number of ether oxygens (including phenoxy) is 1. The lowest BCUT2D eigenvalue weighted by molar-refractivity contribution is 0.414. The van der Waals surface area contributed by atoms with Gasteiger partial charge in [0, 0.05) is 11.4 Å². The first-order valence-electron chi connectivity index (χ1n) is 6.35. The van der Waals surface area contributed by atoms with Crippen molar-refractivity contribution in [2.75, 3.05) is 24.3 Å². The number of nitrogens with one attached hydrogen (secondary N) is 2. The number of methoxy groups -OCH3 is 1. The van der Waals surface area contributed by atoms with Crippen LogP contribution in [0.3, 0.4) is 0 Å². The summed E-state index contributed by atoms with van der Waals surface area (Å²) in [6.45, 7) is 3.59. The van der Waals surface area contributed by atoms with Crippen LogP contribution in [0.15, 0.2) is 18.5 Å². The SMILES string of the molecule is CCCNc1ncnc(NCc2ccc(Cl)s2)c1OC. The van der Waals surface area contributed by atoms with Gasteiger partial charge >= 0.3 is 0 Å². The van der Waals surface area contributed by atoms with Crippen molar-refractivity contribution in [3.05, 3.63) is 27.7 Å². The molecular weight excluding hydrogens is 296 g/mol. The Morgan fingerprint density at radius 2 is 2.00 bits per heavy atom. The fourth-order valence-corrected chi connectivity index (χ4v) is 2.71. The Hall–Kier alpha value is -1.53. The predicted octanol–water partition coefficient (Wildman–Crippen LogP) is 3.63. The van der Waals surface area contributed by atoms with Crippen molar-refractivity contribution in [2.45, 2.75) is 19.9 Å². The fraction of sp³-hybridized carbons (Fsp3) is 0.385. The van der Waals surface area contributed by atoms with Crippen molar-refractivity contribution in [1.82, 2.24) is 9.97 Å². The van der Waals surface area contributed by atoms with Gasteiger partial charge in [-0.3, -0.25) is 0 Å². The van der Waals surface area contributed by atoms with Crippen molar-refractivity contribution in [1.29, 1.82) is 0 Å². The van der Waals surface area contributed by atoms with Crippen LogP contribution in [0, 0.1) is 0 Å². The molecule has 2 heterocycles. The minimum absolute atomic E-state index is 0.628. The molecule has 0 spiro atoms. The van der Waals surface area contributed by atoms with Crippen LogP contribution in [0.2, 0.25) is 4.34 Å². The second-order valence-electron chi connectivity index (χ2n) is 4.09. The third kappa shape index (κ3) is 3.74. The van der Waals surface area contributed by atoms with Gasteiger partial charge < -0.3 is 15.4 Å². The Morgan fingerprint density at radius 1 is 1.25 bits per heavy atom. The lowest BCUT2D eigenvalue weighted by atomic mass is 10.4. The molecule has 0 unspecified atom stereocenters. The van der Waals surface area contributed by atoms with Gasteiger partial charge in [-0.2, -0.15) is 0 Å². The number of nitrogens with zero attached hydrogens (tertiary/aromatic N) is 2. The molecule has 2 N–H and O–H groups in total. The molecule has 0 atom stereocenters. The summed E-state index contributed by atoms with van der Waals surface area (Å²) in [6, 6.07) is 3.87. The quantitative estimate of drug-likeness (QED) is 0.817. The first kappa shape index (κ1) is 14.9. The minimum atomic E-state index is 0.628. The van der Waals surface area contributed by atoms with Crippen molar-refractivity contribution >= 4 is 34.6 Å². The van der Waals surface area contributed by atoms with Crippen LogP contribution >= 0.6 is 22.9 Å². The molecule has 2 aromatic rings. The maximum atomic E-state index is 5.91. The van der Waals surface area contributed by atoms with E-state index in [0.29, 0.717) is 23.9 Å². The van der Waals surface area contributed by atoms with Crippen LogP contribution in [0.5, 0.6) is 5.75 Å². The molecule has 0 amide bonds. The number of hydrogen-bond acceptors (Lipinski definition) is 6. The molecule has 0 aliphatic heterocycles. The van der Waals surface area contributed by atoms with E-state index < -0.39 is 0 Å². The largest absolute Gasteiger partial charge is 0.490 e. The molecule has 0 saturated carbocycles. The second-order valence-corrected chi connectivity index (χ2v) is 5.89. The maximum Gasteiger partial charge on any atom is 0.204 e. The highest BCUT2D eigenvalue weighted by molar-refractivity contribution is 7.16. The number of halogens is 1. The minimum Gasteiger partial charge on any atom is -0.490 e. The van der Waals surface area contributed by atoms with Gasteiger partial charge in [0.2, 0.25) is 5.75 Å². The van der Waals surface area contributed by atoms with E-state index in [1.165, 1.54) is 6.33 Å². The molecule has 0 aliphatic carbocycles. The van der Waals surface area contributed by atoms with Gasteiger partial charge in [0.25, 0.3) is 0 Å². The van der Waals surface area contributed by atoms with Gasteiger partial charge in [-0.25, -0.2) is 9.97 Å². The third-order valence-corrected chi connectivity index (χ3v) is 3.84. The van der Waals surface area contributed by atoms with E-state index in [1.54, 1.807) is 18.4 Å². The first-order chi connectivity index (χ1) is 9.74. The number of anilines is 2. The van der Waals surface area contributed by atoms with Crippen molar-refractivity contribution in [3.8, 4) is 5.75 Å². The Labute approximate surface area is 127 Å². The highest BCUT2D eigenvalue weighted by atomic mass is 35.5. The van der Waals surface area contributed by atoms with Crippen molar-refractivity contribution < 1.29 is 4.74 Å². The van der Waals surface area contributed by atoms with E-state index in [2.05, 4.69) is 27.5 Å².